The number of hydrogen-bond donors (Lipinski definition) is 0. The predicted molar refractivity (Wildman–Crippen MR) is 67.9 cm³/mol. The van der Waals surface area contributed by atoms with E-state index in [2.05, 4.69) is 4.98 Å². The highest BCUT2D eigenvalue weighted by atomic mass is 32.2. The lowest BCUT2D eigenvalue weighted by atomic mass is 10.1. The zero-order valence-corrected chi connectivity index (χ0v) is 10.7. The Morgan fingerprint density at radius 1 is 1.29 bits per heavy atom. The molecule has 2 aromatic rings. The van der Waals surface area contributed by atoms with Gasteiger partial charge in [0.05, 0.1) is 10.6 Å². The summed E-state index contributed by atoms with van der Waals surface area (Å²) >= 11 is 1.57. The highest BCUT2D eigenvalue weighted by Crippen LogP contribution is 2.30. The van der Waals surface area contributed by atoms with E-state index in [0.717, 1.165) is 29.0 Å². The summed E-state index contributed by atoms with van der Waals surface area (Å²) in [5.41, 5.74) is 1.94. The van der Waals surface area contributed by atoms with Gasteiger partial charge in [0.25, 0.3) is 0 Å². The van der Waals surface area contributed by atoms with Gasteiger partial charge in [-0.1, -0.05) is 6.07 Å². The molecule has 3 nitrogen and oxygen atoms in total. The van der Waals surface area contributed by atoms with Gasteiger partial charge >= 0.3 is 0 Å². The molecule has 0 radical (unpaired) electrons. The van der Waals surface area contributed by atoms with Crippen LogP contribution in [0.15, 0.2) is 34.7 Å². The Kier molecular flexibility index (Phi) is 2.52. The zero-order chi connectivity index (χ0) is 11.9. The molecular weight excluding hydrogens is 254 g/mol. The van der Waals surface area contributed by atoms with E-state index in [0.29, 0.717) is 4.90 Å². The largest absolute Gasteiger partial charge is 0.245 e. The number of thiazole rings is 1. The molecule has 1 aliphatic rings. The average Bonchev–Trinajstić information content (AvgIpc) is 2.81. The first-order chi connectivity index (χ1) is 8.17. The minimum absolute atomic E-state index is 0.274. The maximum atomic E-state index is 11.9. The second-order valence-electron chi connectivity index (χ2n) is 4.08. The fourth-order valence-corrected chi connectivity index (χ4v) is 4.36. The molecule has 0 aliphatic carbocycles. The third kappa shape index (κ3) is 1.89. The molecule has 0 spiro atoms. The first-order valence-electron chi connectivity index (χ1n) is 5.42. The summed E-state index contributed by atoms with van der Waals surface area (Å²) in [4.78, 5) is 4.74. The van der Waals surface area contributed by atoms with Gasteiger partial charge in [-0.15, -0.1) is 11.3 Å². The number of hydrogen-bond acceptors (Lipinski definition) is 4. The summed E-state index contributed by atoms with van der Waals surface area (Å²) in [6.07, 6.45) is 3.32. The van der Waals surface area contributed by atoms with Crippen LogP contribution in [0.4, 0.5) is 0 Å². The molecule has 1 aromatic heterocycles. The fourth-order valence-electron chi connectivity index (χ4n) is 2.14. The van der Waals surface area contributed by atoms with Gasteiger partial charge in [0.1, 0.15) is 5.01 Å². The number of aromatic nitrogens is 1. The number of nitrogens with zero attached hydrogens (tertiary/aromatic N) is 1. The van der Waals surface area contributed by atoms with E-state index in [9.17, 15) is 8.42 Å². The van der Waals surface area contributed by atoms with Gasteiger partial charge in [-0.05, 0) is 30.5 Å². The van der Waals surface area contributed by atoms with E-state index in [4.69, 9.17) is 0 Å². The summed E-state index contributed by atoms with van der Waals surface area (Å²) in [6, 6.07) is 5.53. The standard InChI is InChI=1S/C12H11NO2S2/c14-17(15)7-1-2-9-8-10(3-4-11(9)17)12-13-5-6-16-12/h3-6,8H,1-2,7H2. The number of aryl methyl sites for hydroxylation is 1. The maximum Gasteiger partial charge on any atom is 0.178 e. The van der Waals surface area contributed by atoms with E-state index in [1.165, 1.54) is 0 Å². The van der Waals surface area contributed by atoms with Crippen molar-refractivity contribution in [3.63, 3.8) is 0 Å². The molecule has 5 heteroatoms. The quantitative estimate of drug-likeness (QED) is 0.796. The van der Waals surface area contributed by atoms with Crippen LogP contribution in [0.2, 0.25) is 0 Å². The summed E-state index contributed by atoms with van der Waals surface area (Å²) < 4.78 is 23.7. The summed E-state index contributed by atoms with van der Waals surface area (Å²) in [5, 5.41) is 2.86. The Balaban J connectivity index is 2.15. The smallest absolute Gasteiger partial charge is 0.178 e. The minimum atomic E-state index is -3.04. The molecule has 1 aromatic carbocycles. The molecule has 0 bridgehead atoms. The van der Waals surface area contributed by atoms with E-state index in [-0.39, 0.29) is 5.75 Å². The minimum Gasteiger partial charge on any atom is -0.245 e. The van der Waals surface area contributed by atoms with Crippen molar-refractivity contribution in [3.8, 4) is 10.6 Å². The fraction of sp³-hybridized carbons (Fsp3) is 0.250. The lowest BCUT2D eigenvalue weighted by Gasteiger charge is -2.16. The number of benzene rings is 1. The van der Waals surface area contributed by atoms with E-state index in [1.54, 1.807) is 23.6 Å². The first-order valence-corrected chi connectivity index (χ1v) is 7.95. The number of fused-ring (bicyclic) bond motifs is 1. The van der Waals surface area contributed by atoms with Crippen molar-refractivity contribution >= 4 is 21.2 Å². The van der Waals surface area contributed by atoms with Crippen LogP contribution in [0.25, 0.3) is 10.6 Å². The normalized spacial score (nSPS) is 17.6. The molecule has 17 heavy (non-hydrogen) atoms. The molecular formula is C12H11NO2S2. The van der Waals surface area contributed by atoms with Crippen molar-refractivity contribution in [1.82, 2.24) is 4.98 Å². The van der Waals surface area contributed by atoms with Gasteiger partial charge in [-0.2, -0.15) is 0 Å². The molecule has 88 valence electrons. The van der Waals surface area contributed by atoms with Crippen LogP contribution in [0.1, 0.15) is 12.0 Å². The van der Waals surface area contributed by atoms with Crippen LogP contribution in [0.5, 0.6) is 0 Å². The van der Waals surface area contributed by atoms with Gasteiger partial charge in [-0.25, -0.2) is 13.4 Å². The third-order valence-corrected chi connectivity index (χ3v) is 5.65. The van der Waals surface area contributed by atoms with Crippen LogP contribution in [0, 0.1) is 0 Å². The molecule has 0 fully saturated rings. The van der Waals surface area contributed by atoms with Crippen molar-refractivity contribution in [2.24, 2.45) is 0 Å². The molecule has 1 aliphatic heterocycles. The average molecular weight is 265 g/mol. The van der Waals surface area contributed by atoms with Gasteiger partial charge in [0.2, 0.25) is 0 Å². The van der Waals surface area contributed by atoms with Gasteiger partial charge in [-0.3, -0.25) is 0 Å². The lowest BCUT2D eigenvalue weighted by Crippen LogP contribution is -2.15. The Morgan fingerprint density at radius 3 is 2.94 bits per heavy atom. The predicted octanol–water partition coefficient (Wildman–Crippen LogP) is 2.53. The SMILES string of the molecule is O=S1(=O)CCCc2cc(-c3nccs3)ccc21. The topological polar surface area (TPSA) is 47.0 Å². The Labute approximate surface area is 104 Å². The van der Waals surface area contributed by atoms with Crippen LogP contribution >= 0.6 is 11.3 Å². The molecule has 0 amide bonds. The lowest BCUT2D eigenvalue weighted by molar-refractivity contribution is 0.586. The van der Waals surface area contributed by atoms with Gasteiger partial charge in [0, 0.05) is 17.1 Å². The molecule has 0 saturated heterocycles. The van der Waals surface area contributed by atoms with Crippen molar-refractivity contribution < 1.29 is 8.42 Å². The number of sulfone groups is 1. The van der Waals surface area contributed by atoms with Crippen LogP contribution in [-0.2, 0) is 16.3 Å². The first kappa shape index (κ1) is 10.9. The molecule has 2 heterocycles. The second-order valence-corrected chi connectivity index (χ2v) is 7.05. The van der Waals surface area contributed by atoms with E-state index >= 15 is 0 Å². The second kappa shape index (κ2) is 3.92. The monoisotopic (exact) mass is 265 g/mol. The van der Waals surface area contributed by atoms with Crippen LogP contribution in [0.3, 0.4) is 0 Å². The van der Waals surface area contributed by atoms with Crippen molar-refractivity contribution in [2.45, 2.75) is 17.7 Å². The van der Waals surface area contributed by atoms with Crippen molar-refractivity contribution in [3.05, 3.63) is 35.3 Å². The summed E-state index contributed by atoms with van der Waals surface area (Å²) in [7, 11) is -3.04. The highest BCUT2D eigenvalue weighted by molar-refractivity contribution is 7.91. The van der Waals surface area contributed by atoms with Gasteiger partial charge < -0.3 is 0 Å². The van der Waals surface area contributed by atoms with E-state index in [1.807, 2.05) is 17.5 Å². The molecule has 0 atom stereocenters. The Bertz CT molecular complexity index is 645. The zero-order valence-electron chi connectivity index (χ0n) is 9.09. The third-order valence-electron chi connectivity index (χ3n) is 2.93. The highest BCUT2D eigenvalue weighted by Gasteiger charge is 2.23. The molecule has 3 rings (SSSR count). The molecule has 0 saturated carbocycles. The molecule has 0 N–H and O–H groups in total. The Hall–Kier alpha value is -1.20. The summed E-state index contributed by atoms with van der Waals surface area (Å²) in [6.45, 7) is 0. The Morgan fingerprint density at radius 2 is 2.18 bits per heavy atom. The summed E-state index contributed by atoms with van der Waals surface area (Å²) in [5.74, 6) is 0.274. The van der Waals surface area contributed by atoms with Crippen molar-refractivity contribution in [1.29, 1.82) is 0 Å². The van der Waals surface area contributed by atoms with Gasteiger partial charge in [0.15, 0.2) is 9.84 Å². The van der Waals surface area contributed by atoms with Crippen molar-refractivity contribution in [2.75, 3.05) is 5.75 Å². The van der Waals surface area contributed by atoms with Crippen LogP contribution < -0.4 is 0 Å². The maximum absolute atomic E-state index is 11.9. The number of rotatable bonds is 1. The van der Waals surface area contributed by atoms with Crippen LogP contribution in [-0.4, -0.2) is 19.2 Å². The molecule has 0 unspecified atom stereocenters. The van der Waals surface area contributed by atoms with E-state index < -0.39 is 9.84 Å².